The van der Waals surface area contributed by atoms with Crippen molar-refractivity contribution in [3.05, 3.63) is 23.9 Å². The highest BCUT2D eigenvalue weighted by atomic mass is 16.1. The number of nitrogens with zero attached hydrogens (tertiary/aromatic N) is 1. The molecule has 2 N–H and O–H groups in total. The molecule has 0 fully saturated rings. The first-order valence-corrected chi connectivity index (χ1v) is 6.90. The summed E-state index contributed by atoms with van der Waals surface area (Å²) in [6.45, 7) is 10.1. The number of hydrogen-bond donors (Lipinski definition) is 2. The third-order valence-electron chi connectivity index (χ3n) is 2.74. The Labute approximate surface area is 116 Å². The van der Waals surface area contributed by atoms with Gasteiger partial charge in [0.25, 0.3) is 5.91 Å². The molecule has 0 saturated heterocycles. The van der Waals surface area contributed by atoms with Gasteiger partial charge in [0.05, 0.1) is 0 Å². The van der Waals surface area contributed by atoms with Gasteiger partial charge in [-0.1, -0.05) is 27.7 Å². The maximum absolute atomic E-state index is 12.0. The van der Waals surface area contributed by atoms with Crippen molar-refractivity contribution >= 4 is 11.7 Å². The van der Waals surface area contributed by atoms with Crippen LogP contribution in [-0.2, 0) is 0 Å². The first-order valence-electron chi connectivity index (χ1n) is 6.90. The van der Waals surface area contributed by atoms with Gasteiger partial charge in [-0.05, 0) is 30.4 Å². The van der Waals surface area contributed by atoms with Gasteiger partial charge < -0.3 is 10.6 Å². The largest absolute Gasteiger partial charge is 0.370 e. The second-order valence-electron chi connectivity index (χ2n) is 5.92. The van der Waals surface area contributed by atoms with E-state index in [-0.39, 0.29) is 11.3 Å². The predicted octanol–water partition coefficient (Wildman–Crippen LogP) is 3.07. The molecule has 1 aromatic rings. The summed E-state index contributed by atoms with van der Waals surface area (Å²) >= 11 is 0. The molecule has 1 heterocycles. The van der Waals surface area contributed by atoms with Crippen molar-refractivity contribution < 1.29 is 4.79 Å². The lowest BCUT2D eigenvalue weighted by atomic mass is 9.92. The van der Waals surface area contributed by atoms with E-state index in [0.717, 1.165) is 25.2 Å². The maximum Gasteiger partial charge on any atom is 0.251 e. The molecule has 1 amide bonds. The molecule has 0 aliphatic rings. The topological polar surface area (TPSA) is 54.0 Å². The highest BCUT2D eigenvalue weighted by Gasteiger charge is 2.11. The minimum Gasteiger partial charge on any atom is -0.370 e. The van der Waals surface area contributed by atoms with E-state index in [0.29, 0.717) is 12.1 Å². The van der Waals surface area contributed by atoms with Crippen molar-refractivity contribution in [1.82, 2.24) is 10.3 Å². The zero-order valence-corrected chi connectivity index (χ0v) is 12.4. The molecule has 1 aromatic heterocycles. The lowest BCUT2D eigenvalue weighted by Crippen LogP contribution is -2.27. The van der Waals surface area contributed by atoms with Crippen molar-refractivity contribution in [1.29, 1.82) is 0 Å². The van der Waals surface area contributed by atoms with Gasteiger partial charge in [0.15, 0.2) is 0 Å². The van der Waals surface area contributed by atoms with Crippen LogP contribution < -0.4 is 10.6 Å². The molecule has 0 bridgehead atoms. The van der Waals surface area contributed by atoms with Crippen molar-refractivity contribution in [2.75, 3.05) is 18.4 Å². The number of aromatic nitrogens is 1. The van der Waals surface area contributed by atoms with E-state index < -0.39 is 0 Å². The molecule has 19 heavy (non-hydrogen) atoms. The molecule has 0 unspecified atom stereocenters. The van der Waals surface area contributed by atoms with Crippen LogP contribution in [0.25, 0.3) is 0 Å². The Morgan fingerprint density at radius 1 is 1.32 bits per heavy atom. The first-order chi connectivity index (χ1) is 8.92. The molecule has 106 valence electrons. The van der Waals surface area contributed by atoms with Crippen molar-refractivity contribution in [3.63, 3.8) is 0 Å². The Bertz CT molecular complexity index is 410. The predicted molar refractivity (Wildman–Crippen MR) is 79.4 cm³/mol. The Hall–Kier alpha value is -1.58. The molecular weight excluding hydrogens is 238 g/mol. The molecule has 0 aliphatic carbocycles. The second-order valence-corrected chi connectivity index (χ2v) is 5.92. The van der Waals surface area contributed by atoms with Crippen molar-refractivity contribution in [2.24, 2.45) is 5.41 Å². The quantitative estimate of drug-likeness (QED) is 0.829. The van der Waals surface area contributed by atoms with Crippen LogP contribution >= 0.6 is 0 Å². The summed E-state index contributed by atoms with van der Waals surface area (Å²) in [5, 5.41) is 6.12. The third-order valence-corrected chi connectivity index (χ3v) is 2.74. The fourth-order valence-corrected chi connectivity index (χ4v) is 1.57. The summed E-state index contributed by atoms with van der Waals surface area (Å²) in [7, 11) is 0. The van der Waals surface area contributed by atoms with Gasteiger partial charge in [-0.2, -0.15) is 0 Å². The molecule has 0 radical (unpaired) electrons. The molecule has 0 saturated carbocycles. The van der Waals surface area contributed by atoms with Gasteiger partial charge in [-0.15, -0.1) is 0 Å². The number of rotatable bonds is 6. The SMILES string of the molecule is CCCNc1cc(C(=O)NCCC(C)(C)C)ccn1. The van der Waals surface area contributed by atoms with Crippen LogP contribution in [0.4, 0.5) is 5.82 Å². The minimum atomic E-state index is -0.0359. The van der Waals surface area contributed by atoms with Gasteiger partial charge in [0.2, 0.25) is 0 Å². The zero-order chi connectivity index (χ0) is 14.3. The average Bonchev–Trinajstić information content (AvgIpc) is 2.35. The summed E-state index contributed by atoms with van der Waals surface area (Å²) in [5.74, 6) is 0.719. The van der Waals surface area contributed by atoms with Gasteiger partial charge >= 0.3 is 0 Å². The van der Waals surface area contributed by atoms with Crippen LogP contribution in [0.5, 0.6) is 0 Å². The fraction of sp³-hybridized carbons (Fsp3) is 0.600. The molecule has 0 spiro atoms. The standard InChI is InChI=1S/C15H25N3O/c1-5-8-16-13-11-12(6-9-17-13)14(19)18-10-7-15(2,3)4/h6,9,11H,5,7-8,10H2,1-4H3,(H,16,17)(H,18,19). The number of pyridine rings is 1. The van der Waals surface area contributed by atoms with E-state index in [4.69, 9.17) is 0 Å². The van der Waals surface area contributed by atoms with Crippen molar-refractivity contribution in [2.45, 2.75) is 40.5 Å². The summed E-state index contributed by atoms with van der Waals surface area (Å²) in [6.07, 6.45) is 3.66. The molecule has 4 heteroatoms. The average molecular weight is 263 g/mol. The van der Waals surface area contributed by atoms with E-state index in [1.165, 1.54) is 0 Å². The molecule has 0 atom stereocenters. The smallest absolute Gasteiger partial charge is 0.251 e. The normalized spacial score (nSPS) is 11.2. The number of carbonyl (C=O) groups excluding carboxylic acids is 1. The molecule has 4 nitrogen and oxygen atoms in total. The number of amides is 1. The van der Waals surface area contributed by atoms with Gasteiger partial charge in [0.1, 0.15) is 5.82 Å². The Balaban J connectivity index is 2.52. The van der Waals surface area contributed by atoms with Crippen LogP contribution in [0.2, 0.25) is 0 Å². The van der Waals surface area contributed by atoms with Crippen molar-refractivity contribution in [3.8, 4) is 0 Å². The Kier molecular flexibility index (Phi) is 5.80. The Morgan fingerprint density at radius 3 is 2.68 bits per heavy atom. The first kappa shape index (κ1) is 15.5. The summed E-state index contributed by atoms with van der Waals surface area (Å²) in [5.41, 5.74) is 0.891. The van der Waals surface area contributed by atoms with E-state index in [9.17, 15) is 4.79 Å². The number of hydrogen-bond acceptors (Lipinski definition) is 3. The summed E-state index contributed by atoms with van der Waals surface area (Å²) in [4.78, 5) is 16.2. The van der Waals surface area contributed by atoms with E-state index in [1.807, 2.05) is 0 Å². The number of anilines is 1. The van der Waals surface area contributed by atoms with Crippen LogP contribution in [0.1, 0.15) is 50.9 Å². The Morgan fingerprint density at radius 2 is 2.05 bits per heavy atom. The molecule has 0 aromatic carbocycles. The van der Waals surface area contributed by atoms with Crippen LogP contribution in [0.3, 0.4) is 0 Å². The fourth-order valence-electron chi connectivity index (χ4n) is 1.57. The number of carbonyl (C=O) groups is 1. The monoisotopic (exact) mass is 263 g/mol. The molecule has 0 aliphatic heterocycles. The van der Waals surface area contributed by atoms with Gasteiger partial charge in [-0.3, -0.25) is 4.79 Å². The lowest BCUT2D eigenvalue weighted by molar-refractivity contribution is 0.0949. The lowest BCUT2D eigenvalue weighted by Gasteiger charge is -2.18. The highest BCUT2D eigenvalue weighted by Crippen LogP contribution is 2.17. The van der Waals surface area contributed by atoms with Gasteiger partial charge in [-0.25, -0.2) is 4.98 Å². The molecule has 1 rings (SSSR count). The summed E-state index contributed by atoms with van der Waals surface area (Å²) < 4.78 is 0. The van der Waals surface area contributed by atoms with E-state index >= 15 is 0 Å². The van der Waals surface area contributed by atoms with Crippen LogP contribution in [0.15, 0.2) is 18.3 Å². The maximum atomic E-state index is 12.0. The van der Waals surface area contributed by atoms with E-state index in [1.54, 1.807) is 18.3 Å². The highest BCUT2D eigenvalue weighted by molar-refractivity contribution is 5.94. The second kappa shape index (κ2) is 7.12. The zero-order valence-electron chi connectivity index (χ0n) is 12.4. The summed E-state index contributed by atoms with van der Waals surface area (Å²) in [6, 6.07) is 3.53. The number of nitrogens with one attached hydrogen (secondary N) is 2. The third kappa shape index (κ3) is 6.22. The van der Waals surface area contributed by atoms with E-state index in [2.05, 4.69) is 43.3 Å². The van der Waals surface area contributed by atoms with Gasteiger partial charge in [0, 0.05) is 24.8 Å². The van der Waals surface area contributed by atoms with Crippen LogP contribution in [0, 0.1) is 5.41 Å². The molecular formula is C15H25N3O. The van der Waals surface area contributed by atoms with Crippen LogP contribution in [-0.4, -0.2) is 24.0 Å². The minimum absolute atomic E-state index is 0.0359.